The van der Waals surface area contributed by atoms with Crippen LogP contribution in [-0.2, 0) is 35.1 Å². The molecular formula is C48H54N8O9. The zero-order valence-corrected chi connectivity index (χ0v) is 37.0. The number of aromatic nitrogens is 4. The SMILES string of the molecule is COC[C@H]1C[C@@H](c2nc3ccc4cc5c(cc4c3[nH]2)OCc2cc(-c3cnc([C@@H]4CCCN4C(=O)C(NC(=O)OC)[C@@H](C)OC)[nH]3)ccc2-5)N(C(=O)[C@H](NC(O)OC)c2ccccc2)C1. The fraction of sp³-hybridized carbons (Fsp3) is 0.396. The molecule has 3 aliphatic heterocycles. The minimum absolute atomic E-state index is 0.0777. The Kier molecular flexibility index (Phi) is 12.6. The molecule has 17 heteroatoms. The number of imidazole rings is 2. The number of aliphatic hydroxyl groups is 1. The molecule has 0 spiro atoms. The van der Waals surface area contributed by atoms with Crippen LogP contribution in [-0.4, -0.2) is 119 Å². The molecule has 2 saturated heterocycles. The second-order valence-electron chi connectivity index (χ2n) is 16.9. The van der Waals surface area contributed by atoms with E-state index in [2.05, 4.69) is 57.0 Å². The second-order valence-corrected chi connectivity index (χ2v) is 16.9. The lowest BCUT2D eigenvalue weighted by atomic mass is 9.92. The molecule has 2 aromatic heterocycles. The second kappa shape index (κ2) is 18.6. The number of fused-ring (bicyclic) bond motifs is 6. The van der Waals surface area contributed by atoms with Crippen LogP contribution in [0, 0.1) is 5.92 Å². The number of alkyl carbamates (subject to hydrolysis) is 1. The minimum Gasteiger partial charge on any atom is -0.488 e. The van der Waals surface area contributed by atoms with Gasteiger partial charge < -0.3 is 53.9 Å². The van der Waals surface area contributed by atoms with E-state index < -0.39 is 30.7 Å². The van der Waals surface area contributed by atoms with Crippen molar-refractivity contribution >= 4 is 39.7 Å². The molecule has 9 rings (SSSR count). The van der Waals surface area contributed by atoms with Gasteiger partial charge in [0.2, 0.25) is 18.2 Å². The molecule has 3 amide bonds. The average Bonchev–Trinajstić information content (AvgIpc) is 4.18. The number of benzene rings is 4. The van der Waals surface area contributed by atoms with Crippen molar-refractivity contribution in [2.75, 3.05) is 48.1 Å². The molecule has 65 heavy (non-hydrogen) atoms. The molecule has 3 aliphatic rings. The van der Waals surface area contributed by atoms with E-state index >= 15 is 0 Å². The van der Waals surface area contributed by atoms with Crippen LogP contribution in [0.2, 0.25) is 0 Å². The number of hydrogen-bond acceptors (Lipinski definition) is 12. The lowest BCUT2D eigenvalue weighted by Crippen LogP contribution is -2.54. The molecule has 17 nitrogen and oxygen atoms in total. The Hall–Kier alpha value is -6.37. The topological polar surface area (TPSA) is 205 Å². The Morgan fingerprint density at radius 2 is 1.75 bits per heavy atom. The molecule has 5 N–H and O–H groups in total. The Morgan fingerprint density at radius 3 is 2.52 bits per heavy atom. The van der Waals surface area contributed by atoms with Gasteiger partial charge in [-0.2, -0.15) is 0 Å². The number of H-pyrrole nitrogens is 2. The van der Waals surface area contributed by atoms with E-state index in [1.54, 1.807) is 25.1 Å². The number of hydrogen-bond donors (Lipinski definition) is 5. The summed E-state index contributed by atoms with van der Waals surface area (Å²) >= 11 is 0. The van der Waals surface area contributed by atoms with Crippen molar-refractivity contribution in [1.82, 2.24) is 40.4 Å². The highest BCUT2D eigenvalue weighted by Gasteiger charge is 2.42. The molecule has 340 valence electrons. The van der Waals surface area contributed by atoms with E-state index in [-0.39, 0.29) is 29.8 Å². The lowest BCUT2D eigenvalue weighted by Gasteiger charge is -2.30. The first-order valence-electron chi connectivity index (χ1n) is 21.9. The van der Waals surface area contributed by atoms with Crippen molar-refractivity contribution in [2.24, 2.45) is 5.92 Å². The molecular weight excluding hydrogens is 833 g/mol. The summed E-state index contributed by atoms with van der Waals surface area (Å²) in [6.45, 7) is 3.56. The zero-order valence-electron chi connectivity index (χ0n) is 37.0. The summed E-state index contributed by atoms with van der Waals surface area (Å²) in [5.74, 6) is 1.71. The highest BCUT2D eigenvalue weighted by atomic mass is 16.6. The van der Waals surface area contributed by atoms with Gasteiger partial charge in [-0.15, -0.1) is 0 Å². The van der Waals surface area contributed by atoms with Crippen LogP contribution < -0.4 is 15.4 Å². The van der Waals surface area contributed by atoms with Crippen LogP contribution in [0.1, 0.15) is 67.1 Å². The molecule has 2 fully saturated rings. The number of aromatic amines is 2. The van der Waals surface area contributed by atoms with E-state index in [1.807, 2.05) is 41.3 Å². The first kappa shape index (κ1) is 43.9. The Balaban J connectivity index is 0.973. The maximum Gasteiger partial charge on any atom is 0.407 e. The highest BCUT2D eigenvalue weighted by Crippen LogP contribution is 2.44. The number of carbonyl (C=O) groups is 3. The van der Waals surface area contributed by atoms with Crippen molar-refractivity contribution in [1.29, 1.82) is 0 Å². The van der Waals surface area contributed by atoms with Gasteiger partial charge in [0.25, 0.3) is 0 Å². The first-order valence-corrected chi connectivity index (χ1v) is 21.9. The van der Waals surface area contributed by atoms with Crippen LogP contribution in [0.25, 0.3) is 44.2 Å². The smallest absolute Gasteiger partial charge is 0.407 e. The van der Waals surface area contributed by atoms with Gasteiger partial charge in [0.1, 0.15) is 36.1 Å². The molecule has 6 aromatic rings. The van der Waals surface area contributed by atoms with Gasteiger partial charge in [-0.1, -0.05) is 48.5 Å². The van der Waals surface area contributed by atoms with Crippen LogP contribution in [0.3, 0.4) is 0 Å². The third kappa shape index (κ3) is 8.53. The number of carbonyl (C=O) groups excluding carboxylic acids is 3. The number of amides is 3. The van der Waals surface area contributed by atoms with Crippen molar-refractivity contribution in [2.45, 2.75) is 69.5 Å². The molecule has 0 saturated carbocycles. The first-order chi connectivity index (χ1) is 31.6. The van der Waals surface area contributed by atoms with Crippen LogP contribution in [0.4, 0.5) is 4.79 Å². The molecule has 0 aliphatic carbocycles. The largest absolute Gasteiger partial charge is 0.488 e. The summed E-state index contributed by atoms with van der Waals surface area (Å²) in [5, 5.41) is 18.0. The average molecular weight is 887 g/mol. The third-order valence-corrected chi connectivity index (χ3v) is 13.0. The molecule has 4 aromatic carbocycles. The minimum atomic E-state index is -1.34. The number of methoxy groups -OCH3 is 4. The fourth-order valence-electron chi connectivity index (χ4n) is 9.60. The predicted octanol–water partition coefficient (Wildman–Crippen LogP) is 5.88. The van der Waals surface area contributed by atoms with Gasteiger partial charge in [0, 0.05) is 51.3 Å². The summed E-state index contributed by atoms with van der Waals surface area (Å²) in [6.07, 6.45) is 1.33. The molecule has 0 bridgehead atoms. The summed E-state index contributed by atoms with van der Waals surface area (Å²) < 4.78 is 27.3. The van der Waals surface area contributed by atoms with E-state index in [4.69, 9.17) is 33.7 Å². The molecule has 2 unspecified atom stereocenters. The third-order valence-electron chi connectivity index (χ3n) is 13.0. The summed E-state index contributed by atoms with van der Waals surface area (Å²) in [7, 11) is 5.79. The van der Waals surface area contributed by atoms with Gasteiger partial charge in [-0.05, 0) is 78.1 Å². The Bertz CT molecular complexity index is 2710. The quantitative estimate of drug-likeness (QED) is 0.0814. The number of likely N-dealkylation sites (tertiary alicyclic amines) is 2. The maximum absolute atomic E-state index is 14.5. The van der Waals surface area contributed by atoms with Gasteiger partial charge in [-0.3, -0.25) is 14.9 Å². The molecule has 7 atom stereocenters. The lowest BCUT2D eigenvalue weighted by molar-refractivity contribution is -0.143. The van der Waals surface area contributed by atoms with E-state index in [9.17, 15) is 19.5 Å². The fourth-order valence-corrected chi connectivity index (χ4v) is 9.60. The van der Waals surface area contributed by atoms with E-state index in [1.165, 1.54) is 21.3 Å². The van der Waals surface area contributed by atoms with Gasteiger partial charge in [0.05, 0.1) is 54.8 Å². The zero-order chi connectivity index (χ0) is 45.4. The number of nitrogens with one attached hydrogen (secondary N) is 4. The summed E-state index contributed by atoms with van der Waals surface area (Å²) in [6, 6.07) is 21.4. The summed E-state index contributed by atoms with van der Waals surface area (Å²) in [5.41, 5.74) is 7.14. The summed E-state index contributed by atoms with van der Waals surface area (Å²) in [4.78, 5) is 60.8. The highest BCUT2D eigenvalue weighted by molar-refractivity contribution is 6.07. The standard InChI is InChI=1S/C48H54N8O9/c1-26(62-3)40(53-47(59)63-4)45(57)55-17-9-12-37(55)43-49-22-36(51-43)30-13-15-32-31(19-30)25-65-39-21-33-29(20-34(32)39)14-16-35-42(33)52-44(50-35)38-18-27(24-61-2)23-56(38)46(58)41(54-48(60)64-5)28-10-7-6-8-11-28/h6-8,10-11,13-16,19-22,26-27,37-38,40-41,48,54,60H,9,12,17-18,23-25H2,1-5H3,(H,49,51)(H,50,52)(H,53,59)/t26-,27+,37+,38+,40?,41-,48?/m1/s1. The van der Waals surface area contributed by atoms with Crippen molar-refractivity contribution in [3.63, 3.8) is 0 Å². The molecule has 0 radical (unpaired) electrons. The number of aliphatic hydroxyl groups excluding tert-OH is 1. The Morgan fingerprint density at radius 1 is 0.923 bits per heavy atom. The number of ether oxygens (including phenoxy) is 5. The Labute approximate surface area is 375 Å². The monoisotopic (exact) mass is 886 g/mol. The van der Waals surface area contributed by atoms with Gasteiger partial charge in [0.15, 0.2) is 0 Å². The number of nitrogens with zero attached hydrogens (tertiary/aromatic N) is 4. The van der Waals surface area contributed by atoms with Crippen molar-refractivity contribution in [3.8, 4) is 28.1 Å². The normalized spacial score (nSPS) is 19.9. The maximum atomic E-state index is 14.5. The van der Waals surface area contributed by atoms with E-state index in [0.29, 0.717) is 49.9 Å². The van der Waals surface area contributed by atoms with Crippen molar-refractivity contribution < 1.29 is 43.2 Å². The van der Waals surface area contributed by atoms with E-state index in [0.717, 1.165) is 68.3 Å². The predicted molar refractivity (Wildman–Crippen MR) is 240 cm³/mol. The van der Waals surface area contributed by atoms with Crippen LogP contribution in [0.15, 0.2) is 79.0 Å². The van der Waals surface area contributed by atoms with Crippen LogP contribution in [0.5, 0.6) is 5.75 Å². The number of rotatable bonds is 14. The van der Waals surface area contributed by atoms with Gasteiger partial charge >= 0.3 is 6.09 Å². The molecule has 5 heterocycles. The van der Waals surface area contributed by atoms with Gasteiger partial charge in [-0.25, -0.2) is 14.8 Å². The van der Waals surface area contributed by atoms with Crippen molar-refractivity contribution in [3.05, 3.63) is 102 Å². The van der Waals surface area contributed by atoms with Crippen LogP contribution >= 0.6 is 0 Å².